The molecule has 0 aromatic heterocycles. The molecule has 0 amide bonds. The molecule has 110 valence electrons. The summed E-state index contributed by atoms with van der Waals surface area (Å²) in [4.78, 5) is 5.54. The van der Waals surface area contributed by atoms with Crippen LogP contribution in [0.5, 0.6) is 0 Å². The normalized spacial score (nSPS) is 25.7. The van der Waals surface area contributed by atoms with Gasteiger partial charge in [-0.05, 0) is 25.2 Å². The lowest BCUT2D eigenvalue weighted by Gasteiger charge is -2.19. The quantitative estimate of drug-likeness (QED) is 0.599. The summed E-state index contributed by atoms with van der Waals surface area (Å²) in [6.45, 7) is 0.985. The van der Waals surface area contributed by atoms with Crippen molar-refractivity contribution in [2.24, 2.45) is 10.9 Å². The molecule has 1 unspecified atom stereocenters. The van der Waals surface area contributed by atoms with Crippen LogP contribution in [0.4, 0.5) is 13.2 Å². The van der Waals surface area contributed by atoms with Gasteiger partial charge in [-0.25, -0.2) is 0 Å². The van der Waals surface area contributed by atoms with Gasteiger partial charge in [0, 0.05) is 32.7 Å². The van der Waals surface area contributed by atoms with E-state index in [0.717, 1.165) is 18.9 Å². The van der Waals surface area contributed by atoms with E-state index in [1.54, 1.807) is 7.05 Å². The standard InChI is InChI=1S/C12H21F3N4/c1-16-11(17-6-9-2-3-9)18-10-4-5-19(7-10)8-12(13,14)15/h9-10H,2-8H2,1H3,(H2,16,17,18). The van der Waals surface area contributed by atoms with Gasteiger partial charge in [-0.3, -0.25) is 9.89 Å². The van der Waals surface area contributed by atoms with Crippen molar-refractivity contribution in [3.63, 3.8) is 0 Å². The average Bonchev–Trinajstić information content (AvgIpc) is 3.05. The Labute approximate surface area is 111 Å². The second-order valence-electron chi connectivity index (χ2n) is 5.38. The number of alkyl halides is 3. The van der Waals surface area contributed by atoms with Crippen molar-refractivity contribution < 1.29 is 13.2 Å². The summed E-state index contributed by atoms with van der Waals surface area (Å²) in [5.74, 6) is 1.44. The fourth-order valence-corrected chi connectivity index (χ4v) is 2.30. The van der Waals surface area contributed by atoms with Gasteiger partial charge in [-0.15, -0.1) is 0 Å². The van der Waals surface area contributed by atoms with Crippen LogP contribution in [0.2, 0.25) is 0 Å². The Morgan fingerprint density at radius 2 is 2.05 bits per heavy atom. The lowest BCUT2D eigenvalue weighted by atomic mass is 10.3. The van der Waals surface area contributed by atoms with Crippen molar-refractivity contribution in [3.8, 4) is 0 Å². The number of halogens is 3. The molecule has 1 atom stereocenters. The molecule has 2 rings (SSSR count). The van der Waals surface area contributed by atoms with E-state index in [4.69, 9.17) is 0 Å². The number of hydrogen-bond acceptors (Lipinski definition) is 2. The maximum absolute atomic E-state index is 12.3. The minimum absolute atomic E-state index is 0.0488. The summed E-state index contributed by atoms with van der Waals surface area (Å²) in [5, 5.41) is 6.41. The highest BCUT2D eigenvalue weighted by molar-refractivity contribution is 5.80. The lowest BCUT2D eigenvalue weighted by Crippen LogP contribution is -2.45. The van der Waals surface area contributed by atoms with Gasteiger partial charge >= 0.3 is 6.18 Å². The van der Waals surface area contributed by atoms with Gasteiger partial charge in [-0.2, -0.15) is 13.2 Å². The predicted octanol–water partition coefficient (Wildman–Crippen LogP) is 1.20. The third-order valence-electron chi connectivity index (χ3n) is 3.49. The molecule has 2 aliphatic rings. The molecule has 4 nitrogen and oxygen atoms in total. The number of guanidine groups is 1. The number of nitrogens with zero attached hydrogens (tertiary/aromatic N) is 2. The van der Waals surface area contributed by atoms with Crippen LogP contribution in [0.15, 0.2) is 4.99 Å². The molecular formula is C12H21F3N4. The summed E-state index contributed by atoms with van der Waals surface area (Å²) in [5.41, 5.74) is 0. The van der Waals surface area contributed by atoms with Gasteiger partial charge in [0.25, 0.3) is 0 Å². The van der Waals surface area contributed by atoms with E-state index >= 15 is 0 Å². The van der Waals surface area contributed by atoms with Crippen molar-refractivity contribution in [2.45, 2.75) is 31.5 Å². The first-order valence-electron chi connectivity index (χ1n) is 6.72. The zero-order valence-electron chi connectivity index (χ0n) is 11.1. The SMILES string of the molecule is CN=C(NCC1CC1)NC1CCN(CC(F)(F)F)C1. The summed E-state index contributed by atoms with van der Waals surface area (Å²) >= 11 is 0. The van der Waals surface area contributed by atoms with Crippen LogP contribution in [0.25, 0.3) is 0 Å². The number of rotatable bonds is 4. The first-order valence-corrected chi connectivity index (χ1v) is 6.72. The van der Waals surface area contributed by atoms with Gasteiger partial charge in [0.1, 0.15) is 0 Å². The first kappa shape index (κ1) is 14.4. The Morgan fingerprint density at radius 3 is 2.63 bits per heavy atom. The summed E-state index contributed by atoms with van der Waals surface area (Å²) in [7, 11) is 1.69. The predicted molar refractivity (Wildman–Crippen MR) is 68.1 cm³/mol. The lowest BCUT2D eigenvalue weighted by molar-refractivity contribution is -0.143. The van der Waals surface area contributed by atoms with Crippen molar-refractivity contribution in [1.82, 2.24) is 15.5 Å². The summed E-state index contributed by atoms with van der Waals surface area (Å²) < 4.78 is 36.8. The maximum atomic E-state index is 12.3. The molecule has 0 radical (unpaired) electrons. The minimum Gasteiger partial charge on any atom is -0.356 e. The molecule has 2 N–H and O–H groups in total. The van der Waals surface area contributed by atoms with Crippen molar-refractivity contribution in [2.75, 3.05) is 33.2 Å². The van der Waals surface area contributed by atoms with Crippen LogP contribution in [-0.2, 0) is 0 Å². The topological polar surface area (TPSA) is 39.7 Å². The Balaban J connectivity index is 1.70. The van der Waals surface area contributed by atoms with E-state index < -0.39 is 12.7 Å². The zero-order chi connectivity index (χ0) is 13.9. The molecule has 0 bridgehead atoms. The second kappa shape index (κ2) is 5.98. The molecule has 1 saturated carbocycles. The summed E-state index contributed by atoms with van der Waals surface area (Å²) in [6.07, 6.45) is -0.874. The van der Waals surface area contributed by atoms with E-state index in [-0.39, 0.29) is 6.04 Å². The highest BCUT2D eigenvalue weighted by Gasteiger charge is 2.34. The molecule has 2 fully saturated rings. The van der Waals surface area contributed by atoms with E-state index in [0.29, 0.717) is 19.0 Å². The molecule has 1 aliphatic carbocycles. The fraction of sp³-hybridized carbons (Fsp3) is 0.917. The van der Waals surface area contributed by atoms with Gasteiger partial charge in [0.15, 0.2) is 5.96 Å². The smallest absolute Gasteiger partial charge is 0.356 e. The second-order valence-corrected chi connectivity index (χ2v) is 5.38. The number of aliphatic imine (C=N–C) groups is 1. The van der Waals surface area contributed by atoms with Crippen molar-refractivity contribution in [3.05, 3.63) is 0 Å². The van der Waals surface area contributed by atoms with E-state index in [1.807, 2.05) is 0 Å². The van der Waals surface area contributed by atoms with Gasteiger partial charge in [0.05, 0.1) is 6.54 Å². The first-order chi connectivity index (χ1) is 8.96. The van der Waals surface area contributed by atoms with E-state index in [2.05, 4.69) is 15.6 Å². The number of hydrogen-bond donors (Lipinski definition) is 2. The molecule has 0 spiro atoms. The highest BCUT2D eigenvalue weighted by atomic mass is 19.4. The molecule has 7 heteroatoms. The molecular weight excluding hydrogens is 257 g/mol. The van der Waals surface area contributed by atoms with Gasteiger partial charge in [-0.1, -0.05) is 0 Å². The highest BCUT2D eigenvalue weighted by Crippen LogP contribution is 2.27. The Hall–Kier alpha value is -0.980. The van der Waals surface area contributed by atoms with Crippen LogP contribution >= 0.6 is 0 Å². The molecule has 0 aromatic carbocycles. The zero-order valence-corrected chi connectivity index (χ0v) is 11.1. The third kappa shape index (κ3) is 5.26. The van der Waals surface area contributed by atoms with Crippen molar-refractivity contribution in [1.29, 1.82) is 0 Å². The number of nitrogens with one attached hydrogen (secondary N) is 2. The monoisotopic (exact) mass is 278 g/mol. The average molecular weight is 278 g/mol. The maximum Gasteiger partial charge on any atom is 0.401 e. The van der Waals surface area contributed by atoms with Crippen LogP contribution in [0, 0.1) is 5.92 Å². The molecule has 1 heterocycles. The molecule has 1 saturated heterocycles. The van der Waals surface area contributed by atoms with Crippen LogP contribution in [0.1, 0.15) is 19.3 Å². The fourth-order valence-electron chi connectivity index (χ4n) is 2.30. The Morgan fingerprint density at radius 1 is 1.32 bits per heavy atom. The Bertz CT molecular complexity index is 325. The minimum atomic E-state index is -4.11. The summed E-state index contributed by atoms with van der Waals surface area (Å²) in [6, 6.07) is 0.0488. The largest absolute Gasteiger partial charge is 0.401 e. The van der Waals surface area contributed by atoms with Crippen LogP contribution in [0.3, 0.4) is 0 Å². The molecule has 1 aliphatic heterocycles. The molecule has 0 aromatic rings. The van der Waals surface area contributed by atoms with Gasteiger partial charge in [0.2, 0.25) is 0 Å². The van der Waals surface area contributed by atoms with Crippen molar-refractivity contribution >= 4 is 5.96 Å². The van der Waals surface area contributed by atoms with E-state index in [9.17, 15) is 13.2 Å². The number of likely N-dealkylation sites (tertiary alicyclic amines) is 1. The van der Waals surface area contributed by atoms with Crippen LogP contribution < -0.4 is 10.6 Å². The van der Waals surface area contributed by atoms with Crippen LogP contribution in [-0.4, -0.2) is 56.3 Å². The molecule has 19 heavy (non-hydrogen) atoms. The third-order valence-corrected chi connectivity index (χ3v) is 3.49. The van der Waals surface area contributed by atoms with Gasteiger partial charge < -0.3 is 10.6 Å². The van der Waals surface area contributed by atoms with E-state index in [1.165, 1.54) is 17.7 Å². The Kier molecular flexibility index (Phi) is 4.54.